The molecule has 4 rings (SSSR count). The molecule has 3 aromatic carbocycles. The fourth-order valence-electron chi connectivity index (χ4n) is 5.08. The van der Waals surface area contributed by atoms with Gasteiger partial charge in [0.25, 0.3) is 10.0 Å². The molecule has 0 aliphatic heterocycles. The first-order valence-electron chi connectivity index (χ1n) is 14.2. The monoisotopic (exact) mass is 629 g/mol. The molecule has 224 valence electrons. The van der Waals surface area contributed by atoms with Gasteiger partial charge in [0.05, 0.1) is 10.6 Å². The van der Waals surface area contributed by atoms with E-state index in [9.17, 15) is 18.0 Å². The molecule has 0 radical (unpaired) electrons. The van der Waals surface area contributed by atoms with Gasteiger partial charge in [-0.2, -0.15) is 0 Å². The second kappa shape index (κ2) is 13.9. The number of hydrogen-bond donors (Lipinski definition) is 1. The van der Waals surface area contributed by atoms with Crippen molar-refractivity contribution < 1.29 is 18.0 Å². The normalized spacial score (nSPS) is 14.7. The van der Waals surface area contributed by atoms with Crippen molar-refractivity contribution in [2.45, 2.75) is 76.4 Å². The van der Waals surface area contributed by atoms with Gasteiger partial charge in [-0.05, 0) is 98.8 Å². The van der Waals surface area contributed by atoms with E-state index < -0.39 is 28.5 Å². The van der Waals surface area contributed by atoms with Crippen LogP contribution in [0.2, 0.25) is 10.0 Å². The highest BCUT2D eigenvalue weighted by Gasteiger charge is 2.33. The molecule has 1 fully saturated rings. The van der Waals surface area contributed by atoms with Crippen molar-refractivity contribution in [3.05, 3.63) is 93.5 Å². The lowest BCUT2D eigenvalue weighted by Gasteiger charge is -2.33. The molecule has 1 aliphatic rings. The summed E-state index contributed by atoms with van der Waals surface area (Å²) < 4.78 is 29.1. The summed E-state index contributed by atoms with van der Waals surface area (Å²) in [6.07, 6.45) is 5.08. The third-order valence-corrected chi connectivity index (χ3v) is 10.1. The molecule has 2 amide bonds. The number of rotatable bonds is 10. The van der Waals surface area contributed by atoms with E-state index in [4.69, 9.17) is 23.2 Å². The van der Waals surface area contributed by atoms with Gasteiger partial charge in [0, 0.05) is 22.6 Å². The van der Waals surface area contributed by atoms with E-state index in [1.54, 1.807) is 43.3 Å². The van der Waals surface area contributed by atoms with Gasteiger partial charge in [0.2, 0.25) is 11.8 Å². The highest BCUT2D eigenvalue weighted by atomic mass is 35.5. The van der Waals surface area contributed by atoms with Crippen LogP contribution in [0.3, 0.4) is 0 Å². The van der Waals surface area contributed by atoms with Crippen LogP contribution in [0.4, 0.5) is 5.69 Å². The minimum Gasteiger partial charge on any atom is -0.352 e. The molecule has 1 N–H and O–H groups in total. The Bertz CT molecular complexity index is 1510. The van der Waals surface area contributed by atoms with Crippen molar-refractivity contribution in [3.63, 3.8) is 0 Å². The molecule has 3 aromatic rings. The molecule has 1 unspecified atom stereocenters. The SMILES string of the molecule is Cc1ccc(N(CC(=O)N(Cc2ccc(Cl)cc2)C(C)C(=O)NC2CCCCC2)S(=O)(=O)c2ccc(Cl)cc2)cc1C. The van der Waals surface area contributed by atoms with E-state index in [2.05, 4.69) is 5.32 Å². The maximum absolute atomic E-state index is 14.1. The Morgan fingerprint density at radius 2 is 1.48 bits per heavy atom. The number of nitrogens with one attached hydrogen (secondary N) is 1. The third-order valence-electron chi connectivity index (χ3n) is 7.84. The molecule has 0 bridgehead atoms. The van der Waals surface area contributed by atoms with Gasteiger partial charge in [-0.1, -0.05) is 60.7 Å². The molecule has 0 heterocycles. The molecule has 10 heteroatoms. The number of sulfonamides is 1. The van der Waals surface area contributed by atoms with Crippen molar-refractivity contribution >= 4 is 50.7 Å². The van der Waals surface area contributed by atoms with E-state index in [1.165, 1.54) is 29.2 Å². The van der Waals surface area contributed by atoms with Crippen molar-refractivity contribution in [2.24, 2.45) is 0 Å². The predicted octanol–water partition coefficient (Wildman–Crippen LogP) is 6.67. The van der Waals surface area contributed by atoms with Crippen molar-refractivity contribution in [2.75, 3.05) is 10.8 Å². The second-order valence-electron chi connectivity index (χ2n) is 10.9. The lowest BCUT2D eigenvalue weighted by atomic mass is 9.95. The van der Waals surface area contributed by atoms with Crippen LogP contribution in [0.25, 0.3) is 0 Å². The number of carbonyl (C=O) groups is 2. The zero-order valence-electron chi connectivity index (χ0n) is 24.1. The van der Waals surface area contributed by atoms with Crippen molar-refractivity contribution in [1.29, 1.82) is 0 Å². The highest BCUT2D eigenvalue weighted by Crippen LogP contribution is 2.27. The molecule has 0 saturated heterocycles. The Morgan fingerprint density at radius 1 is 0.881 bits per heavy atom. The van der Waals surface area contributed by atoms with Gasteiger partial charge in [0.15, 0.2) is 0 Å². The Morgan fingerprint density at radius 3 is 2.07 bits per heavy atom. The summed E-state index contributed by atoms with van der Waals surface area (Å²) in [7, 11) is -4.17. The number of aryl methyl sites for hydroxylation is 2. The lowest BCUT2D eigenvalue weighted by Crippen LogP contribution is -2.53. The number of anilines is 1. The van der Waals surface area contributed by atoms with Gasteiger partial charge < -0.3 is 10.2 Å². The smallest absolute Gasteiger partial charge is 0.264 e. The summed E-state index contributed by atoms with van der Waals surface area (Å²) in [4.78, 5) is 29.0. The number of nitrogens with zero attached hydrogens (tertiary/aromatic N) is 2. The van der Waals surface area contributed by atoms with E-state index >= 15 is 0 Å². The second-order valence-corrected chi connectivity index (χ2v) is 13.6. The molecule has 0 spiro atoms. The van der Waals surface area contributed by atoms with E-state index in [0.717, 1.165) is 53.1 Å². The summed E-state index contributed by atoms with van der Waals surface area (Å²) in [5, 5.41) is 4.06. The van der Waals surface area contributed by atoms with E-state index in [1.807, 2.05) is 19.9 Å². The predicted molar refractivity (Wildman–Crippen MR) is 168 cm³/mol. The van der Waals surface area contributed by atoms with Crippen LogP contribution >= 0.6 is 23.2 Å². The van der Waals surface area contributed by atoms with Crippen molar-refractivity contribution in [1.82, 2.24) is 10.2 Å². The molecule has 1 saturated carbocycles. The van der Waals surface area contributed by atoms with Gasteiger partial charge in [-0.15, -0.1) is 0 Å². The first-order chi connectivity index (χ1) is 20.0. The van der Waals surface area contributed by atoms with Crippen LogP contribution in [-0.2, 0) is 26.2 Å². The lowest BCUT2D eigenvalue weighted by molar-refractivity contribution is -0.139. The Hall–Kier alpha value is -3.07. The molecule has 7 nitrogen and oxygen atoms in total. The molecule has 42 heavy (non-hydrogen) atoms. The molecule has 1 atom stereocenters. The Kier molecular flexibility index (Phi) is 10.6. The highest BCUT2D eigenvalue weighted by molar-refractivity contribution is 7.92. The van der Waals surface area contributed by atoms with Crippen LogP contribution in [0.15, 0.2) is 71.6 Å². The number of amides is 2. The summed E-state index contributed by atoms with van der Waals surface area (Å²) in [5.74, 6) is -0.769. The molecule has 0 aromatic heterocycles. The largest absolute Gasteiger partial charge is 0.352 e. The third kappa shape index (κ3) is 7.85. The standard InChI is InChI=1S/C32H37Cl2N3O4S/c1-22-9-16-29(19-23(22)2)37(42(40,41)30-17-14-27(34)15-18-30)21-31(38)36(20-25-10-12-26(33)13-11-25)24(3)32(39)35-28-7-5-4-6-8-28/h9-19,24,28H,4-8,20-21H2,1-3H3,(H,35,39). The quantitative estimate of drug-likeness (QED) is 0.271. The summed E-state index contributed by atoms with van der Waals surface area (Å²) in [5.41, 5.74) is 3.00. The number of carbonyl (C=O) groups excluding carboxylic acids is 2. The topological polar surface area (TPSA) is 86.8 Å². The average Bonchev–Trinajstić information content (AvgIpc) is 2.97. The zero-order valence-corrected chi connectivity index (χ0v) is 26.5. The fraction of sp³-hybridized carbons (Fsp3) is 0.375. The van der Waals surface area contributed by atoms with Crippen LogP contribution in [0.5, 0.6) is 0 Å². The van der Waals surface area contributed by atoms with Crippen LogP contribution in [0.1, 0.15) is 55.7 Å². The molecular weight excluding hydrogens is 593 g/mol. The first kappa shape index (κ1) is 31.9. The van der Waals surface area contributed by atoms with Crippen LogP contribution < -0.4 is 9.62 Å². The first-order valence-corrected chi connectivity index (χ1v) is 16.3. The zero-order chi connectivity index (χ0) is 30.4. The maximum Gasteiger partial charge on any atom is 0.264 e. The number of halogens is 2. The molecule has 1 aliphatic carbocycles. The maximum atomic E-state index is 14.1. The van der Waals surface area contributed by atoms with E-state index in [-0.39, 0.29) is 23.4 Å². The number of benzene rings is 3. The van der Waals surface area contributed by atoms with Crippen molar-refractivity contribution in [3.8, 4) is 0 Å². The van der Waals surface area contributed by atoms with Crippen LogP contribution in [-0.4, -0.2) is 43.8 Å². The van der Waals surface area contributed by atoms with Gasteiger partial charge >= 0.3 is 0 Å². The Labute approximate surface area is 258 Å². The minimum absolute atomic E-state index is 0.00488. The summed E-state index contributed by atoms with van der Waals surface area (Å²) >= 11 is 12.1. The van der Waals surface area contributed by atoms with Gasteiger partial charge in [-0.25, -0.2) is 8.42 Å². The van der Waals surface area contributed by atoms with E-state index in [0.29, 0.717) is 15.7 Å². The molecular formula is C32H37Cl2N3O4S. The summed E-state index contributed by atoms with van der Waals surface area (Å²) in [6, 6.07) is 17.4. The fourth-order valence-corrected chi connectivity index (χ4v) is 6.74. The summed E-state index contributed by atoms with van der Waals surface area (Å²) in [6.45, 7) is 5.11. The van der Waals surface area contributed by atoms with Gasteiger partial charge in [0.1, 0.15) is 12.6 Å². The Balaban J connectivity index is 1.69. The minimum atomic E-state index is -4.17. The van der Waals surface area contributed by atoms with Crippen LogP contribution in [0, 0.1) is 13.8 Å². The number of hydrogen-bond acceptors (Lipinski definition) is 4. The average molecular weight is 631 g/mol. The van der Waals surface area contributed by atoms with Gasteiger partial charge in [-0.3, -0.25) is 13.9 Å².